The number of carboxylic acids is 1. The molecule has 0 saturated carbocycles. The zero-order valence-corrected chi connectivity index (χ0v) is 6.74. The Hall–Kier alpha value is -0.610. The van der Waals surface area contributed by atoms with Gasteiger partial charge >= 0.3 is 5.97 Å². The predicted molar refractivity (Wildman–Crippen MR) is 39.1 cm³/mol. The van der Waals surface area contributed by atoms with Gasteiger partial charge in [-0.3, -0.25) is 4.79 Å². The molecule has 0 aromatic rings. The van der Waals surface area contributed by atoms with Crippen LogP contribution < -0.4 is 0 Å². The minimum Gasteiger partial charge on any atom is -0.481 e. The third-order valence-electron chi connectivity index (χ3n) is 1.79. The predicted octanol–water partition coefficient (Wildman–Crippen LogP) is -0.160. The maximum absolute atomic E-state index is 10.5. The van der Waals surface area contributed by atoms with Crippen LogP contribution in [0.4, 0.5) is 0 Å². The highest BCUT2D eigenvalue weighted by Gasteiger charge is 2.34. The number of aliphatic carboxylic acids is 1. The molecule has 3 N–H and O–H groups in total. The summed E-state index contributed by atoms with van der Waals surface area (Å²) in [5.74, 6) is -1.06. The van der Waals surface area contributed by atoms with Crippen molar-refractivity contribution in [1.29, 1.82) is 0 Å². The Morgan fingerprint density at radius 1 is 1.55 bits per heavy atom. The molecule has 0 fully saturated rings. The molecule has 0 amide bonds. The zero-order valence-electron chi connectivity index (χ0n) is 6.74. The standard InChI is InChI=1S/C7H14O4/c1-7(2,6(10)11)5(9)3-4-8/h5,8-9H,3-4H2,1-2H3,(H,10,11)/t5-/m0/s1. The van der Waals surface area contributed by atoms with Crippen LogP contribution in [0, 0.1) is 5.41 Å². The number of carboxylic acid groups (broad SMARTS) is 1. The average Bonchev–Trinajstić information content (AvgIpc) is 1.88. The van der Waals surface area contributed by atoms with Crippen LogP contribution in [0.15, 0.2) is 0 Å². The molecule has 0 rings (SSSR count). The van der Waals surface area contributed by atoms with Crippen LogP contribution in [0.5, 0.6) is 0 Å². The highest BCUT2D eigenvalue weighted by atomic mass is 16.4. The summed E-state index contributed by atoms with van der Waals surface area (Å²) in [6.45, 7) is 2.66. The highest BCUT2D eigenvalue weighted by Crippen LogP contribution is 2.22. The molecule has 0 aromatic carbocycles. The number of carbonyl (C=O) groups is 1. The van der Waals surface area contributed by atoms with E-state index in [9.17, 15) is 9.90 Å². The first kappa shape index (κ1) is 10.4. The third kappa shape index (κ3) is 2.48. The summed E-state index contributed by atoms with van der Waals surface area (Å²) in [6, 6.07) is 0. The second kappa shape index (κ2) is 3.69. The van der Waals surface area contributed by atoms with Gasteiger partial charge in [0.25, 0.3) is 0 Å². The molecule has 0 aliphatic rings. The van der Waals surface area contributed by atoms with E-state index in [1.54, 1.807) is 0 Å². The van der Waals surface area contributed by atoms with Crippen LogP contribution in [0.1, 0.15) is 20.3 Å². The molecule has 0 aliphatic heterocycles. The van der Waals surface area contributed by atoms with Gasteiger partial charge in [-0.2, -0.15) is 0 Å². The fourth-order valence-electron chi connectivity index (χ4n) is 0.626. The van der Waals surface area contributed by atoms with Gasteiger partial charge in [0.05, 0.1) is 11.5 Å². The zero-order chi connectivity index (χ0) is 9.07. The van der Waals surface area contributed by atoms with Crippen LogP contribution in [0.3, 0.4) is 0 Å². The van der Waals surface area contributed by atoms with Gasteiger partial charge < -0.3 is 15.3 Å². The summed E-state index contributed by atoms with van der Waals surface area (Å²) in [4.78, 5) is 10.5. The van der Waals surface area contributed by atoms with Crippen LogP contribution in [-0.4, -0.2) is 34.0 Å². The first-order valence-corrected chi connectivity index (χ1v) is 3.45. The lowest BCUT2D eigenvalue weighted by Crippen LogP contribution is -2.37. The van der Waals surface area contributed by atoms with Gasteiger partial charge in [0, 0.05) is 6.61 Å². The Morgan fingerprint density at radius 2 is 2.00 bits per heavy atom. The quantitative estimate of drug-likeness (QED) is 0.536. The van der Waals surface area contributed by atoms with E-state index in [-0.39, 0.29) is 13.0 Å². The van der Waals surface area contributed by atoms with Crippen molar-refractivity contribution in [1.82, 2.24) is 0 Å². The Kier molecular flexibility index (Phi) is 3.48. The Morgan fingerprint density at radius 3 is 2.27 bits per heavy atom. The number of aliphatic hydroxyl groups is 2. The minimum atomic E-state index is -1.18. The lowest BCUT2D eigenvalue weighted by atomic mass is 9.85. The van der Waals surface area contributed by atoms with Crippen molar-refractivity contribution >= 4 is 5.97 Å². The summed E-state index contributed by atoms with van der Waals surface area (Å²) in [5, 5.41) is 26.2. The molecule has 4 nitrogen and oxygen atoms in total. The Labute approximate surface area is 65.5 Å². The van der Waals surface area contributed by atoms with E-state index in [1.165, 1.54) is 13.8 Å². The second-order valence-corrected chi connectivity index (χ2v) is 3.05. The maximum Gasteiger partial charge on any atom is 0.311 e. The van der Waals surface area contributed by atoms with E-state index < -0.39 is 17.5 Å². The molecule has 0 radical (unpaired) electrons. The SMILES string of the molecule is CC(C)(C(=O)O)[C@@H](O)CCO. The minimum absolute atomic E-state index is 0.0965. The summed E-state index contributed by atoms with van der Waals surface area (Å²) in [7, 11) is 0. The molecule has 0 bridgehead atoms. The third-order valence-corrected chi connectivity index (χ3v) is 1.79. The van der Waals surface area contributed by atoms with E-state index in [2.05, 4.69) is 0 Å². The fraction of sp³-hybridized carbons (Fsp3) is 0.857. The van der Waals surface area contributed by atoms with Crippen molar-refractivity contribution in [3.05, 3.63) is 0 Å². The summed E-state index contributed by atoms with van der Waals surface area (Å²) < 4.78 is 0. The van der Waals surface area contributed by atoms with Crippen molar-refractivity contribution in [2.45, 2.75) is 26.4 Å². The smallest absolute Gasteiger partial charge is 0.311 e. The lowest BCUT2D eigenvalue weighted by molar-refractivity contribution is -0.153. The molecule has 4 heteroatoms. The van der Waals surface area contributed by atoms with Gasteiger partial charge in [0.2, 0.25) is 0 Å². The number of aliphatic hydroxyl groups excluding tert-OH is 2. The molecule has 0 aromatic heterocycles. The van der Waals surface area contributed by atoms with Crippen molar-refractivity contribution in [3.8, 4) is 0 Å². The van der Waals surface area contributed by atoms with E-state index >= 15 is 0 Å². The normalized spacial score (nSPS) is 14.5. The van der Waals surface area contributed by atoms with Gasteiger partial charge in [0.15, 0.2) is 0 Å². The number of hydrogen-bond donors (Lipinski definition) is 3. The van der Waals surface area contributed by atoms with Crippen molar-refractivity contribution in [3.63, 3.8) is 0 Å². The van der Waals surface area contributed by atoms with E-state index in [0.717, 1.165) is 0 Å². The van der Waals surface area contributed by atoms with Crippen molar-refractivity contribution < 1.29 is 20.1 Å². The molecule has 0 unspecified atom stereocenters. The van der Waals surface area contributed by atoms with Crippen LogP contribution in [0.25, 0.3) is 0 Å². The van der Waals surface area contributed by atoms with E-state index in [1.807, 2.05) is 0 Å². The summed E-state index contributed by atoms with van der Waals surface area (Å²) >= 11 is 0. The second-order valence-electron chi connectivity index (χ2n) is 3.05. The molecule has 11 heavy (non-hydrogen) atoms. The van der Waals surface area contributed by atoms with Gasteiger partial charge in [-0.15, -0.1) is 0 Å². The van der Waals surface area contributed by atoms with Gasteiger partial charge in [-0.25, -0.2) is 0 Å². The average molecular weight is 162 g/mol. The van der Waals surface area contributed by atoms with Crippen LogP contribution in [0.2, 0.25) is 0 Å². The van der Waals surface area contributed by atoms with E-state index in [4.69, 9.17) is 10.2 Å². The largest absolute Gasteiger partial charge is 0.481 e. The fourth-order valence-corrected chi connectivity index (χ4v) is 0.626. The monoisotopic (exact) mass is 162 g/mol. The summed E-state index contributed by atoms with van der Waals surface area (Å²) in [5.41, 5.74) is -1.18. The number of rotatable bonds is 4. The first-order valence-electron chi connectivity index (χ1n) is 3.45. The Balaban J connectivity index is 4.17. The van der Waals surface area contributed by atoms with Crippen LogP contribution in [-0.2, 0) is 4.79 Å². The number of hydrogen-bond acceptors (Lipinski definition) is 3. The lowest BCUT2D eigenvalue weighted by Gasteiger charge is -2.24. The molecule has 66 valence electrons. The molecule has 0 aliphatic carbocycles. The van der Waals surface area contributed by atoms with E-state index in [0.29, 0.717) is 0 Å². The molecular formula is C7H14O4. The van der Waals surface area contributed by atoms with Crippen LogP contribution >= 0.6 is 0 Å². The van der Waals surface area contributed by atoms with Crippen molar-refractivity contribution in [2.24, 2.45) is 5.41 Å². The topological polar surface area (TPSA) is 77.8 Å². The first-order chi connectivity index (χ1) is 4.92. The van der Waals surface area contributed by atoms with Gasteiger partial charge in [-0.05, 0) is 20.3 Å². The highest BCUT2D eigenvalue weighted by molar-refractivity contribution is 5.74. The molecule has 0 saturated heterocycles. The maximum atomic E-state index is 10.5. The summed E-state index contributed by atoms with van der Waals surface area (Å²) in [6.07, 6.45) is -0.899. The molecule has 0 heterocycles. The van der Waals surface area contributed by atoms with Gasteiger partial charge in [0.1, 0.15) is 0 Å². The van der Waals surface area contributed by atoms with Crippen molar-refractivity contribution in [2.75, 3.05) is 6.61 Å². The molecule has 0 spiro atoms. The molecular weight excluding hydrogens is 148 g/mol. The Bertz CT molecular complexity index is 141. The van der Waals surface area contributed by atoms with Gasteiger partial charge in [-0.1, -0.05) is 0 Å². The molecule has 1 atom stereocenters.